The summed E-state index contributed by atoms with van der Waals surface area (Å²) in [5.74, 6) is 2.97. The number of amides is 2. The zero-order valence-electron chi connectivity index (χ0n) is 46.3. The van der Waals surface area contributed by atoms with Gasteiger partial charge in [-0.15, -0.1) is 0 Å². The first-order valence-corrected chi connectivity index (χ1v) is 28.3. The van der Waals surface area contributed by atoms with Crippen molar-refractivity contribution < 1.29 is 38.0 Å². The topological polar surface area (TPSA) is 500 Å². The Hall–Kier alpha value is -8.54. The van der Waals surface area contributed by atoms with Crippen molar-refractivity contribution in [1.82, 2.24) is 10.6 Å². The monoisotopic (exact) mass is 1170 g/mol. The highest BCUT2D eigenvalue weighted by atomic mass is 33.1. The van der Waals surface area contributed by atoms with E-state index < -0.39 is 0 Å². The van der Waals surface area contributed by atoms with Crippen LogP contribution in [0.5, 0.6) is 23.0 Å². The molecule has 0 spiro atoms. The first-order chi connectivity index (χ1) is 39.0. The van der Waals surface area contributed by atoms with E-state index in [2.05, 4.69) is 40.6 Å². The number of nitrogens with zero attached hydrogens (tertiary/aromatic N) is 6. The van der Waals surface area contributed by atoms with Crippen LogP contribution in [0.25, 0.3) is 11.1 Å². The third-order valence-corrected chi connectivity index (χ3v) is 12.6. The Morgan fingerprint density at radius 2 is 0.802 bits per heavy atom. The largest absolute Gasteiger partial charge is 0.491 e. The van der Waals surface area contributed by atoms with E-state index in [-0.39, 0.29) is 146 Å². The molecule has 2 amide bonds. The van der Waals surface area contributed by atoms with Gasteiger partial charge in [0.25, 0.3) is 0 Å². The molecular formula is C51H84N20O8S2. The lowest BCUT2D eigenvalue weighted by Crippen LogP contribution is -2.25. The zero-order chi connectivity index (χ0) is 59.6. The Morgan fingerprint density at radius 1 is 0.457 bits per heavy atom. The summed E-state index contributed by atoms with van der Waals surface area (Å²) in [6.07, 6.45) is 9.08. The van der Waals surface area contributed by atoms with Gasteiger partial charge >= 0.3 is 0 Å². The number of carbonyl (C=O) groups is 2. The van der Waals surface area contributed by atoms with Crippen molar-refractivity contribution in [2.24, 2.45) is 98.8 Å². The minimum atomic E-state index is -0.163. The van der Waals surface area contributed by atoms with Gasteiger partial charge < -0.3 is 108 Å². The molecule has 0 saturated carbocycles. The molecule has 30 heteroatoms. The van der Waals surface area contributed by atoms with Crippen LogP contribution >= 0.6 is 21.6 Å². The third-order valence-electron chi connectivity index (χ3n) is 10.2. The average Bonchev–Trinajstić information content (AvgIpc) is 3.42. The normalized spacial score (nSPS) is 11.5. The molecule has 26 N–H and O–H groups in total. The van der Waals surface area contributed by atoms with Crippen molar-refractivity contribution in [1.29, 1.82) is 0 Å². The SMILES string of the molecule is CC=CC(OCCN=C(N)N)=C(CCCNC(=O)CCSSCCC(=O)NCCC(=C(C=CC)OCCN=C(N)N)c1cccc(OCCN=C(N)N)c1OCCN=C(N)N)c1cccc(OCCN=C(N)N)c1OCCN=C(N)N. The molecule has 0 radical (unpaired) electrons. The smallest absolute Gasteiger partial charge is 0.220 e. The van der Waals surface area contributed by atoms with Gasteiger partial charge in [-0.05, 0) is 57.4 Å². The molecule has 0 aliphatic carbocycles. The van der Waals surface area contributed by atoms with Crippen molar-refractivity contribution in [3.05, 3.63) is 83.3 Å². The Morgan fingerprint density at radius 3 is 1.17 bits per heavy atom. The van der Waals surface area contributed by atoms with Crippen molar-refractivity contribution in [3.63, 3.8) is 0 Å². The second kappa shape index (κ2) is 41.5. The number of guanidine groups is 6. The summed E-state index contributed by atoms with van der Waals surface area (Å²) in [7, 11) is 3.00. The van der Waals surface area contributed by atoms with E-state index >= 15 is 0 Å². The van der Waals surface area contributed by atoms with Crippen LogP contribution in [-0.2, 0) is 19.1 Å². The number of ether oxygens (including phenoxy) is 6. The van der Waals surface area contributed by atoms with Gasteiger partial charge in [0.15, 0.2) is 58.8 Å². The van der Waals surface area contributed by atoms with E-state index in [1.165, 1.54) is 21.6 Å². The fourth-order valence-corrected chi connectivity index (χ4v) is 8.92. The highest BCUT2D eigenvalue weighted by Crippen LogP contribution is 2.40. The lowest BCUT2D eigenvalue weighted by atomic mass is 9.97. The van der Waals surface area contributed by atoms with E-state index in [9.17, 15) is 9.59 Å². The van der Waals surface area contributed by atoms with Crippen LogP contribution < -0.4 is 98.4 Å². The second-order valence-corrected chi connectivity index (χ2v) is 19.3. The maximum atomic E-state index is 13.2. The van der Waals surface area contributed by atoms with Crippen LogP contribution in [-0.4, -0.2) is 151 Å². The lowest BCUT2D eigenvalue weighted by molar-refractivity contribution is -0.121. The summed E-state index contributed by atoms with van der Waals surface area (Å²) >= 11 is 0. The molecule has 0 unspecified atom stereocenters. The van der Waals surface area contributed by atoms with Gasteiger partial charge in [0.05, 0.1) is 39.3 Å². The Balaban J connectivity index is 2.15. The lowest BCUT2D eigenvalue weighted by Gasteiger charge is -2.20. The minimum Gasteiger partial charge on any atom is -0.491 e. The standard InChI is InChI=1S/C51H84N20O8S2/c1-3-8-38(74-26-20-66-46(52)53)34(36-10-5-13-40(76-28-22-68-48(56)57)44(36)78-30-24-70-50(60)61)12-7-18-64-42(72)16-32-80-81-33-17-43(73)65-19-15-35(39(9-4-2)75-27-21-67-47(54)55)37-11-6-14-41(77-29-23-69-49(58)59)45(37)79-31-25-71-51(62)63/h3-6,8-11,13-14H,7,12,15-33H2,1-2H3,(H,64,72)(H,65,73)(H4,52,53,66)(H4,54,55,67)(H4,56,57,68)(H4,58,59,69)(H4,60,61,70)(H4,62,63,71). The first-order valence-electron chi connectivity index (χ1n) is 25.8. The maximum Gasteiger partial charge on any atom is 0.220 e. The molecule has 0 aliphatic rings. The molecule has 28 nitrogen and oxygen atoms in total. The number of carbonyl (C=O) groups excluding carboxylic acids is 2. The number of hydrogen-bond donors (Lipinski definition) is 14. The van der Waals surface area contributed by atoms with Gasteiger partial charge in [0.2, 0.25) is 11.8 Å². The third kappa shape index (κ3) is 31.0. The molecule has 2 aromatic rings. The van der Waals surface area contributed by atoms with E-state index in [0.717, 1.165) is 5.57 Å². The molecule has 0 aliphatic heterocycles. The highest BCUT2D eigenvalue weighted by Gasteiger charge is 2.21. The second-order valence-electron chi connectivity index (χ2n) is 16.6. The Kier molecular flexibility index (Phi) is 35.1. The van der Waals surface area contributed by atoms with Crippen LogP contribution in [0.2, 0.25) is 0 Å². The molecule has 0 bridgehead atoms. The number of benzene rings is 2. The van der Waals surface area contributed by atoms with Crippen molar-refractivity contribution >= 4 is 80.3 Å². The summed E-state index contributed by atoms with van der Waals surface area (Å²) in [6.45, 7) is 6.32. The number of aliphatic imine (C=N–C) groups is 6. The molecule has 2 rings (SSSR count). The van der Waals surface area contributed by atoms with Crippen LogP contribution in [0.4, 0.5) is 0 Å². The fourth-order valence-electron chi connectivity index (χ4n) is 6.94. The van der Waals surface area contributed by atoms with Crippen LogP contribution in [0.15, 0.2) is 102 Å². The summed E-state index contributed by atoms with van der Waals surface area (Å²) in [5, 5.41) is 6.04. The molecule has 0 atom stereocenters. The highest BCUT2D eigenvalue weighted by molar-refractivity contribution is 8.76. The van der Waals surface area contributed by atoms with Crippen LogP contribution in [0, 0.1) is 0 Å². The first kappa shape index (κ1) is 68.6. The molecule has 2 aromatic carbocycles. The van der Waals surface area contributed by atoms with Gasteiger partial charge in [0, 0.05) is 59.7 Å². The fraction of sp³-hybridized carbons (Fsp3) is 0.451. The van der Waals surface area contributed by atoms with Gasteiger partial charge in [-0.2, -0.15) is 0 Å². The van der Waals surface area contributed by atoms with Gasteiger partial charge in [-0.3, -0.25) is 39.5 Å². The van der Waals surface area contributed by atoms with Crippen molar-refractivity contribution in [2.75, 3.05) is 104 Å². The Bertz CT molecular complexity index is 2550. The number of para-hydroxylation sites is 2. The summed E-state index contributed by atoms with van der Waals surface area (Å²) in [4.78, 5) is 50.4. The molecule has 0 aromatic heterocycles. The van der Waals surface area contributed by atoms with Crippen molar-refractivity contribution in [3.8, 4) is 23.0 Å². The van der Waals surface area contributed by atoms with Crippen LogP contribution in [0.3, 0.4) is 0 Å². The quantitative estimate of drug-likeness (QED) is 0.0101. The number of hydrogen-bond acceptors (Lipinski definition) is 16. The molecule has 0 heterocycles. The molecule has 81 heavy (non-hydrogen) atoms. The number of allylic oxidation sites excluding steroid dienone is 5. The predicted molar refractivity (Wildman–Crippen MR) is 328 cm³/mol. The van der Waals surface area contributed by atoms with Gasteiger partial charge in [-0.25, -0.2) is 0 Å². The van der Waals surface area contributed by atoms with E-state index in [4.69, 9.17) is 97.2 Å². The number of nitrogens with one attached hydrogen (secondary N) is 2. The minimum absolute atomic E-state index is 0.0610. The van der Waals surface area contributed by atoms with E-state index in [0.29, 0.717) is 88.5 Å². The van der Waals surface area contributed by atoms with E-state index in [1.807, 2.05) is 50.3 Å². The summed E-state index contributed by atoms with van der Waals surface area (Å²) in [5.41, 5.74) is 69.3. The van der Waals surface area contributed by atoms with Crippen LogP contribution in [0.1, 0.15) is 57.1 Å². The predicted octanol–water partition coefficient (Wildman–Crippen LogP) is -0.286. The van der Waals surface area contributed by atoms with Crippen molar-refractivity contribution in [2.45, 2.75) is 46.0 Å². The van der Waals surface area contributed by atoms with Gasteiger partial charge in [-0.1, -0.05) is 58.0 Å². The Labute approximate surface area is 481 Å². The molecular weight excluding hydrogens is 1080 g/mol. The van der Waals surface area contributed by atoms with E-state index in [1.54, 1.807) is 24.3 Å². The average molecular weight is 1170 g/mol. The maximum absolute atomic E-state index is 13.2. The molecule has 448 valence electrons. The molecule has 0 fully saturated rings. The molecule has 0 saturated heterocycles. The summed E-state index contributed by atoms with van der Waals surface area (Å²) in [6, 6.07) is 10.9. The summed E-state index contributed by atoms with van der Waals surface area (Å²) < 4.78 is 37.2. The number of nitrogens with two attached hydrogens (primary N) is 12. The zero-order valence-corrected chi connectivity index (χ0v) is 47.9. The van der Waals surface area contributed by atoms with Gasteiger partial charge in [0.1, 0.15) is 51.2 Å². The number of rotatable bonds is 42.